The molecular formula is C21H21FN2O3. The van der Waals surface area contributed by atoms with E-state index in [1.165, 1.54) is 12.1 Å². The van der Waals surface area contributed by atoms with Crippen molar-refractivity contribution in [2.45, 2.75) is 13.8 Å². The van der Waals surface area contributed by atoms with E-state index in [9.17, 15) is 9.18 Å². The fourth-order valence-corrected chi connectivity index (χ4v) is 2.95. The van der Waals surface area contributed by atoms with Gasteiger partial charge < -0.3 is 9.30 Å². The van der Waals surface area contributed by atoms with E-state index in [0.29, 0.717) is 17.9 Å². The number of benzene rings is 2. The minimum absolute atomic E-state index is 0.319. The number of nitrogens with one attached hydrogen (secondary N) is 1. The van der Waals surface area contributed by atoms with Crippen LogP contribution in [0.2, 0.25) is 0 Å². The number of amides is 1. The van der Waals surface area contributed by atoms with Crippen molar-refractivity contribution in [2.75, 3.05) is 13.7 Å². The summed E-state index contributed by atoms with van der Waals surface area (Å²) in [5, 5.41) is 0. The lowest BCUT2D eigenvalue weighted by molar-refractivity contribution is 0.0364. The van der Waals surface area contributed by atoms with Crippen LogP contribution in [0.3, 0.4) is 0 Å². The first-order chi connectivity index (χ1) is 13.0. The molecule has 0 aliphatic heterocycles. The van der Waals surface area contributed by atoms with Gasteiger partial charge in [-0.15, -0.1) is 0 Å². The third-order valence-corrected chi connectivity index (χ3v) is 4.25. The maximum atomic E-state index is 13.4. The molecule has 140 valence electrons. The van der Waals surface area contributed by atoms with Crippen LogP contribution in [0.4, 0.5) is 4.39 Å². The molecule has 0 atom stereocenters. The first-order valence-corrected chi connectivity index (χ1v) is 8.60. The van der Waals surface area contributed by atoms with Gasteiger partial charge in [0.2, 0.25) is 0 Å². The molecule has 1 amide bonds. The molecule has 0 unspecified atom stereocenters. The van der Waals surface area contributed by atoms with Gasteiger partial charge in [0.1, 0.15) is 11.6 Å². The summed E-state index contributed by atoms with van der Waals surface area (Å²) >= 11 is 0. The van der Waals surface area contributed by atoms with Crippen molar-refractivity contribution in [2.24, 2.45) is 0 Å². The Hall–Kier alpha value is -3.12. The predicted molar refractivity (Wildman–Crippen MR) is 102 cm³/mol. The van der Waals surface area contributed by atoms with Crippen molar-refractivity contribution in [3.05, 3.63) is 71.7 Å². The van der Waals surface area contributed by atoms with Gasteiger partial charge in [-0.1, -0.05) is 12.1 Å². The fourth-order valence-electron chi connectivity index (χ4n) is 2.95. The second-order valence-electron chi connectivity index (χ2n) is 5.94. The maximum absolute atomic E-state index is 13.4. The quantitative estimate of drug-likeness (QED) is 0.661. The molecule has 3 rings (SSSR count). The normalized spacial score (nSPS) is 10.7. The molecule has 2 aromatic carbocycles. The Labute approximate surface area is 157 Å². The summed E-state index contributed by atoms with van der Waals surface area (Å²) in [7, 11) is 1.60. The number of halogens is 1. The first-order valence-electron chi connectivity index (χ1n) is 8.60. The highest BCUT2D eigenvalue weighted by molar-refractivity contribution is 5.96. The Morgan fingerprint density at radius 1 is 1.15 bits per heavy atom. The van der Waals surface area contributed by atoms with Crippen LogP contribution in [0.25, 0.3) is 16.9 Å². The molecule has 0 aliphatic carbocycles. The van der Waals surface area contributed by atoms with E-state index in [-0.39, 0.29) is 11.7 Å². The highest BCUT2D eigenvalue weighted by Gasteiger charge is 2.20. The number of hydrogen-bond acceptors (Lipinski definition) is 3. The fraction of sp³-hybridized carbons (Fsp3) is 0.190. The van der Waals surface area contributed by atoms with E-state index in [1.807, 2.05) is 35.8 Å². The van der Waals surface area contributed by atoms with Gasteiger partial charge in [-0.3, -0.25) is 9.63 Å². The lowest BCUT2D eigenvalue weighted by atomic mass is 10.1. The van der Waals surface area contributed by atoms with E-state index in [2.05, 4.69) is 5.48 Å². The monoisotopic (exact) mass is 368 g/mol. The number of aromatic nitrogens is 1. The van der Waals surface area contributed by atoms with Crippen LogP contribution in [-0.2, 0) is 4.84 Å². The molecule has 1 aromatic heterocycles. The number of rotatable bonds is 6. The molecule has 0 saturated heterocycles. The van der Waals surface area contributed by atoms with Gasteiger partial charge in [-0.25, -0.2) is 9.87 Å². The van der Waals surface area contributed by atoms with Gasteiger partial charge in [0.25, 0.3) is 5.91 Å². The van der Waals surface area contributed by atoms with Crippen molar-refractivity contribution >= 4 is 5.91 Å². The molecule has 0 bridgehead atoms. The number of nitrogens with zero attached hydrogens (tertiary/aromatic N) is 1. The standard InChI is InChI=1S/C21H21FN2O3/c1-4-27-23-21(25)19-13-20(15-6-5-7-18(12-15)26-3)24(14(19)2)17-10-8-16(22)9-11-17/h5-13H,4H2,1-3H3,(H,23,25). The number of carbonyl (C=O) groups is 1. The van der Waals surface area contributed by atoms with Crippen molar-refractivity contribution in [3.8, 4) is 22.7 Å². The Kier molecular flexibility index (Phi) is 5.57. The second kappa shape index (κ2) is 8.05. The molecule has 0 spiro atoms. The molecule has 6 heteroatoms. The molecular weight excluding hydrogens is 347 g/mol. The van der Waals surface area contributed by atoms with Crippen LogP contribution in [0.5, 0.6) is 5.75 Å². The molecule has 3 aromatic rings. The molecule has 5 nitrogen and oxygen atoms in total. The maximum Gasteiger partial charge on any atom is 0.276 e. The van der Waals surface area contributed by atoms with E-state index in [0.717, 1.165) is 22.6 Å². The van der Waals surface area contributed by atoms with E-state index in [4.69, 9.17) is 9.57 Å². The van der Waals surface area contributed by atoms with Crippen LogP contribution in [0, 0.1) is 12.7 Å². The lowest BCUT2D eigenvalue weighted by Crippen LogP contribution is -2.24. The van der Waals surface area contributed by atoms with Gasteiger partial charge in [-0.05, 0) is 56.3 Å². The number of hydrogen-bond donors (Lipinski definition) is 1. The summed E-state index contributed by atoms with van der Waals surface area (Å²) in [5.74, 6) is 0.0532. The van der Waals surface area contributed by atoms with E-state index >= 15 is 0 Å². The number of carbonyl (C=O) groups excluding carboxylic acids is 1. The van der Waals surface area contributed by atoms with Crippen molar-refractivity contribution < 1.29 is 18.8 Å². The summed E-state index contributed by atoms with van der Waals surface area (Å²) in [6.45, 7) is 4.00. The Balaban J connectivity index is 2.17. The minimum atomic E-state index is -0.334. The van der Waals surface area contributed by atoms with Crippen LogP contribution >= 0.6 is 0 Å². The highest BCUT2D eigenvalue weighted by Crippen LogP contribution is 2.31. The largest absolute Gasteiger partial charge is 0.497 e. The van der Waals surface area contributed by atoms with Gasteiger partial charge in [0.05, 0.1) is 25.0 Å². The molecule has 1 heterocycles. The Bertz CT molecular complexity index is 949. The molecule has 1 N–H and O–H groups in total. The number of methoxy groups -OCH3 is 1. The average molecular weight is 368 g/mol. The van der Waals surface area contributed by atoms with Crippen LogP contribution in [0.1, 0.15) is 23.0 Å². The van der Waals surface area contributed by atoms with Crippen molar-refractivity contribution in [1.29, 1.82) is 0 Å². The minimum Gasteiger partial charge on any atom is -0.497 e. The Morgan fingerprint density at radius 2 is 1.89 bits per heavy atom. The van der Waals surface area contributed by atoms with Gasteiger partial charge in [0, 0.05) is 16.9 Å². The van der Waals surface area contributed by atoms with Gasteiger partial charge in [-0.2, -0.15) is 0 Å². The molecule has 0 aliphatic rings. The van der Waals surface area contributed by atoms with Crippen molar-refractivity contribution in [1.82, 2.24) is 10.0 Å². The summed E-state index contributed by atoms with van der Waals surface area (Å²) in [5.41, 5.74) is 6.04. The molecule has 27 heavy (non-hydrogen) atoms. The Morgan fingerprint density at radius 3 is 2.56 bits per heavy atom. The third-order valence-electron chi connectivity index (χ3n) is 4.25. The topological polar surface area (TPSA) is 52.5 Å². The summed E-state index contributed by atoms with van der Waals surface area (Å²) in [6.07, 6.45) is 0. The smallest absolute Gasteiger partial charge is 0.276 e. The molecule has 0 radical (unpaired) electrons. The molecule has 0 fully saturated rings. The molecule has 0 saturated carbocycles. The van der Waals surface area contributed by atoms with Crippen molar-refractivity contribution in [3.63, 3.8) is 0 Å². The second-order valence-corrected chi connectivity index (χ2v) is 5.94. The first kappa shape index (κ1) is 18.7. The number of ether oxygens (including phenoxy) is 1. The average Bonchev–Trinajstić information content (AvgIpc) is 3.04. The van der Waals surface area contributed by atoms with Gasteiger partial charge >= 0.3 is 0 Å². The SMILES string of the molecule is CCONC(=O)c1cc(-c2cccc(OC)c2)n(-c2ccc(F)cc2)c1C. The zero-order chi connectivity index (χ0) is 19.4. The number of hydroxylamine groups is 1. The van der Waals surface area contributed by atoms with Gasteiger partial charge in [0.15, 0.2) is 0 Å². The summed E-state index contributed by atoms with van der Waals surface area (Å²) in [4.78, 5) is 17.5. The zero-order valence-electron chi connectivity index (χ0n) is 15.5. The summed E-state index contributed by atoms with van der Waals surface area (Å²) in [6, 6.07) is 15.5. The van der Waals surface area contributed by atoms with E-state index < -0.39 is 0 Å². The van der Waals surface area contributed by atoms with Crippen LogP contribution in [0.15, 0.2) is 54.6 Å². The lowest BCUT2D eigenvalue weighted by Gasteiger charge is -2.13. The predicted octanol–water partition coefficient (Wildman–Crippen LogP) is 4.28. The summed E-state index contributed by atoms with van der Waals surface area (Å²) < 4.78 is 20.6. The van der Waals surface area contributed by atoms with Crippen LogP contribution in [-0.4, -0.2) is 24.2 Å². The highest BCUT2D eigenvalue weighted by atomic mass is 19.1. The zero-order valence-corrected chi connectivity index (χ0v) is 15.5. The van der Waals surface area contributed by atoms with E-state index in [1.54, 1.807) is 32.2 Å². The van der Waals surface area contributed by atoms with Crippen LogP contribution < -0.4 is 10.2 Å². The third kappa shape index (κ3) is 3.85.